The minimum absolute atomic E-state index is 0.272. The molecule has 6 heteroatoms. The molecule has 0 radical (unpaired) electrons. The maximum Gasteiger partial charge on any atom is 0.309 e. The van der Waals surface area contributed by atoms with Crippen molar-refractivity contribution in [1.82, 2.24) is 4.90 Å². The van der Waals surface area contributed by atoms with E-state index < -0.39 is 5.97 Å². The standard InChI is InChI=1S/C25H30ClNO4.C2H6/c1-4-6-10-30-21-8-9-23-19(12-21)13-24(31-23)17(3)22(26)11-18(7-5-2)14-27-15-20(16-27)25(28)29;1-2/h5,7-9,11-13,20H,4,6,10,14-16H2,1-3H3,(H,28,29);1-2H3/b7-5-,18-11+,22-17-;. The van der Waals surface area contributed by atoms with Crippen molar-refractivity contribution in [3.05, 3.63) is 58.9 Å². The summed E-state index contributed by atoms with van der Waals surface area (Å²) in [4.78, 5) is 13.1. The van der Waals surface area contributed by atoms with Gasteiger partial charge in [-0.25, -0.2) is 0 Å². The van der Waals surface area contributed by atoms with Crippen LogP contribution in [-0.4, -0.2) is 42.2 Å². The Kier molecular flexibility index (Phi) is 10.8. The van der Waals surface area contributed by atoms with E-state index in [1.807, 2.05) is 70.2 Å². The number of fused-ring (bicyclic) bond motifs is 1. The first kappa shape index (κ1) is 26.7. The molecule has 1 fully saturated rings. The molecular weight excluding hydrogens is 438 g/mol. The lowest BCUT2D eigenvalue weighted by Gasteiger charge is -2.36. The number of aliphatic carboxylic acids is 1. The quantitative estimate of drug-likeness (QED) is 0.294. The number of benzene rings is 1. The summed E-state index contributed by atoms with van der Waals surface area (Å²) in [7, 11) is 0. The normalized spacial score (nSPS) is 15.8. The molecule has 5 nitrogen and oxygen atoms in total. The molecule has 0 bridgehead atoms. The van der Waals surface area contributed by atoms with Gasteiger partial charge in [-0.1, -0.05) is 50.9 Å². The summed E-state index contributed by atoms with van der Waals surface area (Å²) >= 11 is 6.64. The molecule has 33 heavy (non-hydrogen) atoms. The predicted molar refractivity (Wildman–Crippen MR) is 137 cm³/mol. The Bertz CT molecular complexity index is 1010. The molecule has 180 valence electrons. The number of ether oxygens (including phenoxy) is 1. The zero-order valence-electron chi connectivity index (χ0n) is 20.4. The largest absolute Gasteiger partial charge is 0.494 e. The first-order chi connectivity index (χ1) is 15.9. The van der Waals surface area contributed by atoms with Gasteiger partial charge in [0.1, 0.15) is 17.1 Å². The van der Waals surface area contributed by atoms with Gasteiger partial charge in [0, 0.05) is 35.6 Å². The number of nitrogens with zero attached hydrogens (tertiary/aromatic N) is 1. The SMILES string of the molecule is CC.C\C=C/C(=C\C(Cl)=C(/C)c1cc2cc(OCCCC)ccc2o1)CN1CC(C(=O)O)C1. The lowest BCUT2D eigenvalue weighted by atomic mass is 9.99. The molecule has 0 saturated carbocycles. The van der Waals surface area contributed by atoms with Gasteiger partial charge in [-0.05, 0) is 56.2 Å². The highest BCUT2D eigenvalue weighted by molar-refractivity contribution is 6.34. The third-order valence-electron chi connectivity index (χ3n) is 5.39. The van der Waals surface area contributed by atoms with Gasteiger partial charge < -0.3 is 14.3 Å². The Morgan fingerprint density at radius 2 is 2.03 bits per heavy atom. The highest BCUT2D eigenvalue weighted by Gasteiger charge is 2.32. The highest BCUT2D eigenvalue weighted by atomic mass is 35.5. The second kappa shape index (κ2) is 13.3. The molecule has 0 amide bonds. The molecule has 1 aromatic carbocycles. The van der Waals surface area contributed by atoms with Crippen LogP contribution in [0.1, 0.15) is 53.2 Å². The van der Waals surface area contributed by atoms with Crippen LogP contribution in [0, 0.1) is 5.92 Å². The molecule has 2 aromatic rings. The number of halogens is 1. The predicted octanol–water partition coefficient (Wildman–Crippen LogP) is 7.13. The molecule has 0 spiro atoms. The number of furan rings is 1. The Balaban J connectivity index is 0.00000187. The van der Waals surface area contributed by atoms with Gasteiger partial charge in [-0.2, -0.15) is 0 Å². The molecule has 1 N–H and O–H groups in total. The van der Waals surface area contributed by atoms with Crippen LogP contribution in [-0.2, 0) is 4.79 Å². The fourth-order valence-corrected chi connectivity index (χ4v) is 3.73. The van der Waals surface area contributed by atoms with Crippen LogP contribution in [0.25, 0.3) is 16.5 Å². The number of carbonyl (C=O) groups is 1. The van der Waals surface area contributed by atoms with Crippen molar-refractivity contribution in [3.8, 4) is 5.75 Å². The van der Waals surface area contributed by atoms with E-state index in [0.29, 0.717) is 31.3 Å². The monoisotopic (exact) mass is 473 g/mol. The second-order valence-electron chi connectivity index (χ2n) is 7.93. The van der Waals surface area contributed by atoms with Crippen LogP contribution in [0.2, 0.25) is 0 Å². The van der Waals surface area contributed by atoms with Crippen molar-refractivity contribution < 1.29 is 19.1 Å². The molecule has 1 aliphatic heterocycles. The second-order valence-corrected chi connectivity index (χ2v) is 8.34. The number of hydrogen-bond acceptors (Lipinski definition) is 4. The summed E-state index contributed by atoms with van der Waals surface area (Å²) in [6.07, 6.45) is 8.02. The number of rotatable bonds is 10. The minimum Gasteiger partial charge on any atom is -0.494 e. The Morgan fingerprint density at radius 1 is 1.30 bits per heavy atom. The van der Waals surface area contributed by atoms with Crippen molar-refractivity contribution in [1.29, 1.82) is 0 Å². The third-order valence-corrected chi connectivity index (χ3v) is 5.78. The first-order valence-electron chi connectivity index (χ1n) is 11.7. The van der Waals surface area contributed by atoms with E-state index >= 15 is 0 Å². The van der Waals surface area contributed by atoms with Gasteiger partial charge in [0.25, 0.3) is 0 Å². The Morgan fingerprint density at radius 3 is 2.67 bits per heavy atom. The fourth-order valence-electron chi connectivity index (χ4n) is 3.49. The van der Waals surface area contributed by atoms with Crippen molar-refractivity contribution >= 4 is 34.1 Å². The minimum atomic E-state index is -0.731. The lowest BCUT2D eigenvalue weighted by molar-refractivity contribution is -0.147. The number of likely N-dealkylation sites (tertiary alicyclic amines) is 1. The van der Waals surface area contributed by atoms with Crippen LogP contribution in [0.5, 0.6) is 5.75 Å². The van der Waals surface area contributed by atoms with Gasteiger partial charge in [0.2, 0.25) is 0 Å². The topological polar surface area (TPSA) is 62.9 Å². The average Bonchev–Trinajstić information content (AvgIpc) is 3.20. The number of allylic oxidation sites excluding steroid dienone is 4. The van der Waals surface area contributed by atoms with E-state index in [9.17, 15) is 4.79 Å². The number of carboxylic acids is 1. The number of hydrogen-bond donors (Lipinski definition) is 1. The van der Waals surface area contributed by atoms with Gasteiger partial charge in [0.05, 0.1) is 12.5 Å². The zero-order chi connectivity index (χ0) is 24.4. The summed E-state index contributed by atoms with van der Waals surface area (Å²) < 4.78 is 11.8. The maximum atomic E-state index is 11.0. The van der Waals surface area contributed by atoms with Crippen LogP contribution in [0.4, 0.5) is 0 Å². The van der Waals surface area contributed by atoms with Crippen molar-refractivity contribution in [2.75, 3.05) is 26.2 Å². The van der Waals surface area contributed by atoms with Gasteiger partial charge in [0.15, 0.2) is 0 Å². The van der Waals surface area contributed by atoms with Gasteiger partial charge >= 0.3 is 5.97 Å². The molecule has 0 aliphatic carbocycles. The smallest absolute Gasteiger partial charge is 0.309 e. The van der Waals surface area contributed by atoms with E-state index in [1.165, 1.54) is 0 Å². The van der Waals surface area contributed by atoms with E-state index in [4.69, 9.17) is 25.9 Å². The number of unbranched alkanes of at least 4 members (excludes halogenated alkanes) is 1. The highest BCUT2D eigenvalue weighted by Crippen LogP contribution is 2.31. The fraction of sp³-hybridized carbons (Fsp3) is 0.444. The number of carboxylic acid groups (broad SMARTS) is 1. The molecule has 0 atom stereocenters. The summed E-state index contributed by atoms with van der Waals surface area (Å²) in [5.74, 6) is 0.554. The van der Waals surface area contributed by atoms with Crippen molar-refractivity contribution in [2.45, 2.75) is 47.5 Å². The summed E-state index contributed by atoms with van der Waals surface area (Å²) in [6.45, 7) is 12.5. The molecule has 1 aliphatic rings. The Labute approximate surface area is 202 Å². The Hall–Kier alpha value is -2.50. The summed E-state index contributed by atoms with van der Waals surface area (Å²) in [5.41, 5.74) is 2.67. The molecule has 3 rings (SSSR count). The van der Waals surface area contributed by atoms with Crippen LogP contribution in [0.15, 0.2) is 57.5 Å². The molecule has 1 aromatic heterocycles. The van der Waals surface area contributed by atoms with Gasteiger partial charge in [-0.3, -0.25) is 9.69 Å². The first-order valence-corrected chi connectivity index (χ1v) is 12.1. The summed E-state index contributed by atoms with van der Waals surface area (Å²) in [5, 5.41) is 10.6. The molecular formula is C27H36ClNO4. The van der Waals surface area contributed by atoms with Crippen molar-refractivity contribution in [2.24, 2.45) is 5.92 Å². The van der Waals surface area contributed by atoms with E-state index in [0.717, 1.165) is 46.5 Å². The van der Waals surface area contributed by atoms with E-state index in [1.54, 1.807) is 0 Å². The lowest BCUT2D eigenvalue weighted by Crippen LogP contribution is -2.50. The molecule has 2 heterocycles. The van der Waals surface area contributed by atoms with Crippen LogP contribution >= 0.6 is 11.6 Å². The summed E-state index contributed by atoms with van der Waals surface area (Å²) in [6, 6.07) is 7.82. The van der Waals surface area contributed by atoms with Gasteiger partial charge in [-0.15, -0.1) is 0 Å². The zero-order valence-corrected chi connectivity index (χ0v) is 21.1. The van der Waals surface area contributed by atoms with Crippen LogP contribution < -0.4 is 4.74 Å². The maximum absolute atomic E-state index is 11.0. The van der Waals surface area contributed by atoms with E-state index in [-0.39, 0.29) is 5.92 Å². The molecule has 0 unspecified atom stereocenters. The molecule has 1 saturated heterocycles. The van der Waals surface area contributed by atoms with Crippen LogP contribution in [0.3, 0.4) is 0 Å². The van der Waals surface area contributed by atoms with E-state index in [2.05, 4.69) is 11.8 Å². The third kappa shape index (κ3) is 7.51. The van der Waals surface area contributed by atoms with Crippen molar-refractivity contribution in [3.63, 3.8) is 0 Å². The average molecular weight is 474 g/mol.